The summed E-state index contributed by atoms with van der Waals surface area (Å²) in [6, 6.07) is 6.36. The van der Waals surface area contributed by atoms with Crippen LogP contribution < -0.4 is 5.32 Å². The minimum absolute atomic E-state index is 0.116. The molecule has 132 valence electrons. The van der Waals surface area contributed by atoms with E-state index in [9.17, 15) is 4.79 Å². The van der Waals surface area contributed by atoms with E-state index in [-0.39, 0.29) is 18.0 Å². The lowest BCUT2D eigenvalue weighted by Crippen LogP contribution is -2.34. The van der Waals surface area contributed by atoms with Gasteiger partial charge in [0.2, 0.25) is 0 Å². The lowest BCUT2D eigenvalue weighted by Gasteiger charge is -2.23. The quantitative estimate of drug-likeness (QED) is 0.736. The van der Waals surface area contributed by atoms with Crippen LogP contribution in [0.5, 0.6) is 0 Å². The van der Waals surface area contributed by atoms with Crippen molar-refractivity contribution in [1.29, 1.82) is 0 Å². The summed E-state index contributed by atoms with van der Waals surface area (Å²) < 4.78 is 1.86. The number of fused-ring (bicyclic) bond motifs is 1. The Hall–Kier alpha value is -2.25. The third-order valence-corrected chi connectivity index (χ3v) is 5.11. The highest BCUT2D eigenvalue weighted by Gasteiger charge is 2.17. The molecule has 0 aromatic carbocycles. The Labute approximate surface area is 151 Å². The molecule has 0 saturated carbocycles. The molecule has 0 aliphatic rings. The van der Waals surface area contributed by atoms with E-state index in [1.165, 1.54) is 4.88 Å². The third kappa shape index (κ3) is 3.72. The van der Waals surface area contributed by atoms with Crippen molar-refractivity contribution in [3.8, 4) is 0 Å². The normalized spacial score (nSPS) is 12.9. The average molecular weight is 357 g/mol. The van der Waals surface area contributed by atoms with Crippen LogP contribution >= 0.6 is 11.3 Å². The predicted molar refractivity (Wildman–Crippen MR) is 101 cm³/mol. The van der Waals surface area contributed by atoms with E-state index in [1.807, 2.05) is 30.9 Å². The van der Waals surface area contributed by atoms with Crippen molar-refractivity contribution in [1.82, 2.24) is 25.0 Å². The Bertz CT molecular complexity index is 854. The minimum Gasteiger partial charge on any atom is -0.350 e. The first-order chi connectivity index (χ1) is 12.0. The number of thiophene rings is 1. The van der Waals surface area contributed by atoms with Crippen LogP contribution in [0.1, 0.15) is 41.2 Å². The van der Waals surface area contributed by atoms with Gasteiger partial charge in [-0.2, -0.15) is 5.10 Å². The smallest absolute Gasteiger partial charge is 0.252 e. The number of hydrogen-bond donors (Lipinski definition) is 1. The molecule has 1 atom stereocenters. The number of nitrogens with zero attached hydrogens (tertiary/aromatic N) is 4. The van der Waals surface area contributed by atoms with Crippen molar-refractivity contribution in [3.63, 3.8) is 0 Å². The standard InChI is InChI=1S/C18H23N5OS/c1-12(2)23-17-13(10-21-23)8-14(9-19-17)18(24)20-11-15(22(3)4)16-6-5-7-25-16/h5-10,12,15H,11H2,1-4H3,(H,20,24)/t15-/m0/s1. The molecule has 1 amide bonds. The Morgan fingerprint density at radius 2 is 2.16 bits per heavy atom. The number of nitrogens with one attached hydrogen (secondary N) is 1. The van der Waals surface area contributed by atoms with Crippen LogP contribution in [0.15, 0.2) is 36.0 Å². The van der Waals surface area contributed by atoms with Crippen LogP contribution in [0.3, 0.4) is 0 Å². The second kappa shape index (κ2) is 7.33. The highest BCUT2D eigenvalue weighted by Crippen LogP contribution is 2.22. The van der Waals surface area contributed by atoms with Crippen molar-refractivity contribution in [2.75, 3.05) is 20.6 Å². The Morgan fingerprint density at radius 3 is 2.80 bits per heavy atom. The molecule has 0 fully saturated rings. The zero-order chi connectivity index (χ0) is 18.0. The average Bonchev–Trinajstić information content (AvgIpc) is 3.23. The summed E-state index contributed by atoms with van der Waals surface area (Å²) in [7, 11) is 4.04. The summed E-state index contributed by atoms with van der Waals surface area (Å²) in [6.07, 6.45) is 3.38. The van der Waals surface area contributed by atoms with Crippen molar-refractivity contribution in [3.05, 3.63) is 46.4 Å². The van der Waals surface area contributed by atoms with E-state index in [0.717, 1.165) is 11.0 Å². The van der Waals surface area contributed by atoms with Gasteiger partial charge in [-0.25, -0.2) is 9.67 Å². The fraction of sp³-hybridized carbons (Fsp3) is 0.389. The van der Waals surface area contributed by atoms with Gasteiger partial charge in [0.15, 0.2) is 5.65 Å². The second-order valence-electron chi connectivity index (χ2n) is 6.52. The van der Waals surface area contributed by atoms with Crippen molar-refractivity contribution in [2.24, 2.45) is 0 Å². The Morgan fingerprint density at radius 1 is 1.36 bits per heavy atom. The van der Waals surface area contributed by atoms with Crippen LogP contribution in [-0.2, 0) is 0 Å². The monoisotopic (exact) mass is 357 g/mol. The summed E-state index contributed by atoms with van der Waals surface area (Å²) in [5.41, 5.74) is 1.36. The van der Waals surface area contributed by atoms with Gasteiger partial charge in [-0.05, 0) is 45.5 Å². The molecule has 3 aromatic rings. The third-order valence-electron chi connectivity index (χ3n) is 4.14. The first-order valence-electron chi connectivity index (χ1n) is 8.28. The molecule has 25 heavy (non-hydrogen) atoms. The lowest BCUT2D eigenvalue weighted by molar-refractivity contribution is 0.0942. The van der Waals surface area contributed by atoms with Gasteiger partial charge in [0.05, 0.1) is 17.8 Å². The van der Waals surface area contributed by atoms with Gasteiger partial charge in [0, 0.05) is 29.0 Å². The predicted octanol–water partition coefficient (Wildman–Crippen LogP) is 3.11. The van der Waals surface area contributed by atoms with Crippen molar-refractivity contribution >= 4 is 28.3 Å². The first-order valence-corrected chi connectivity index (χ1v) is 9.16. The van der Waals surface area contributed by atoms with E-state index >= 15 is 0 Å². The number of pyridine rings is 1. The molecule has 3 rings (SSSR count). The molecule has 3 aromatic heterocycles. The second-order valence-corrected chi connectivity index (χ2v) is 7.50. The number of amides is 1. The van der Waals surface area contributed by atoms with E-state index in [0.29, 0.717) is 12.1 Å². The zero-order valence-electron chi connectivity index (χ0n) is 14.9. The van der Waals surface area contributed by atoms with Crippen LogP contribution in [0.4, 0.5) is 0 Å². The molecule has 0 saturated heterocycles. The number of hydrogen-bond acceptors (Lipinski definition) is 5. The molecule has 0 spiro atoms. The molecule has 0 radical (unpaired) electrons. The minimum atomic E-state index is -0.116. The van der Waals surface area contributed by atoms with Crippen LogP contribution in [-0.4, -0.2) is 46.2 Å². The maximum atomic E-state index is 12.5. The van der Waals surface area contributed by atoms with E-state index in [4.69, 9.17) is 0 Å². The van der Waals surface area contributed by atoms with Crippen molar-refractivity contribution < 1.29 is 4.79 Å². The summed E-state index contributed by atoms with van der Waals surface area (Å²) in [5.74, 6) is -0.116. The largest absolute Gasteiger partial charge is 0.350 e. The number of rotatable bonds is 6. The number of aromatic nitrogens is 3. The van der Waals surface area contributed by atoms with Crippen LogP contribution in [0.2, 0.25) is 0 Å². The zero-order valence-corrected chi connectivity index (χ0v) is 15.7. The van der Waals surface area contributed by atoms with E-state index in [2.05, 4.69) is 45.6 Å². The molecular formula is C18H23N5OS. The molecule has 0 unspecified atom stereocenters. The SMILES string of the molecule is CC(C)n1ncc2cc(C(=O)NC[C@@H](c3cccs3)N(C)C)cnc21. The first kappa shape index (κ1) is 17.6. The highest BCUT2D eigenvalue weighted by molar-refractivity contribution is 7.10. The molecule has 0 aliphatic carbocycles. The molecule has 7 heteroatoms. The summed E-state index contributed by atoms with van der Waals surface area (Å²) in [6.45, 7) is 4.66. The van der Waals surface area contributed by atoms with Gasteiger partial charge in [0.25, 0.3) is 5.91 Å². The maximum Gasteiger partial charge on any atom is 0.252 e. The van der Waals surface area contributed by atoms with Crippen LogP contribution in [0.25, 0.3) is 11.0 Å². The Kier molecular flexibility index (Phi) is 5.15. The number of carbonyl (C=O) groups is 1. The number of likely N-dealkylation sites (N-methyl/N-ethyl adjacent to an activating group) is 1. The fourth-order valence-electron chi connectivity index (χ4n) is 2.75. The molecule has 0 bridgehead atoms. The van der Waals surface area contributed by atoms with Gasteiger partial charge in [-0.15, -0.1) is 11.3 Å². The summed E-state index contributed by atoms with van der Waals surface area (Å²) in [5, 5.41) is 10.3. The van der Waals surface area contributed by atoms with Gasteiger partial charge in [-0.3, -0.25) is 4.79 Å². The van der Waals surface area contributed by atoms with Crippen LogP contribution in [0, 0.1) is 0 Å². The van der Waals surface area contributed by atoms with Gasteiger partial charge < -0.3 is 10.2 Å². The molecule has 0 aliphatic heterocycles. The van der Waals surface area contributed by atoms with Gasteiger partial charge in [-0.1, -0.05) is 6.07 Å². The van der Waals surface area contributed by atoms with E-state index in [1.54, 1.807) is 23.7 Å². The maximum absolute atomic E-state index is 12.5. The lowest BCUT2D eigenvalue weighted by atomic mass is 10.2. The topological polar surface area (TPSA) is 63.1 Å². The number of carbonyl (C=O) groups excluding carboxylic acids is 1. The fourth-order valence-corrected chi connectivity index (χ4v) is 3.67. The summed E-state index contributed by atoms with van der Waals surface area (Å²) in [4.78, 5) is 20.3. The molecule has 1 N–H and O–H groups in total. The summed E-state index contributed by atoms with van der Waals surface area (Å²) >= 11 is 1.70. The molecule has 3 heterocycles. The van der Waals surface area contributed by atoms with Gasteiger partial charge in [0.1, 0.15) is 0 Å². The Balaban J connectivity index is 1.73. The van der Waals surface area contributed by atoms with Gasteiger partial charge >= 0.3 is 0 Å². The molecular weight excluding hydrogens is 334 g/mol. The van der Waals surface area contributed by atoms with Crippen molar-refractivity contribution in [2.45, 2.75) is 25.9 Å². The van der Waals surface area contributed by atoms with E-state index < -0.39 is 0 Å². The molecule has 6 nitrogen and oxygen atoms in total. The highest BCUT2D eigenvalue weighted by atomic mass is 32.1.